The minimum Gasteiger partial charge on any atom is -0.399 e. The minimum absolute atomic E-state index is 0.0185. The van der Waals surface area contributed by atoms with E-state index in [9.17, 15) is 4.79 Å². The number of nitrogens with one attached hydrogen (secondary N) is 3. The molecule has 0 unspecified atom stereocenters. The number of nitrogens with two attached hydrogens (primary N) is 2. The Kier molecular flexibility index (Phi) is 12.1. The monoisotopic (exact) mass is 521 g/mol. The number of pyridine rings is 1. The van der Waals surface area contributed by atoms with Crippen LogP contribution in [0.5, 0.6) is 0 Å². The van der Waals surface area contributed by atoms with E-state index in [2.05, 4.69) is 15.0 Å². The number of hydrogen-bond donors (Lipinski definition) is 5. The molecular formula is C28H39N7OS. The van der Waals surface area contributed by atoms with E-state index in [-0.39, 0.29) is 5.92 Å². The highest BCUT2D eigenvalue weighted by atomic mass is 32.2. The van der Waals surface area contributed by atoms with Crippen LogP contribution in [0.25, 0.3) is 11.1 Å². The number of aromatic nitrogens is 1. The Balaban J connectivity index is 0.000000604. The van der Waals surface area contributed by atoms with Crippen LogP contribution >= 0.6 is 11.9 Å². The van der Waals surface area contributed by atoms with E-state index >= 15 is 0 Å². The fraction of sp³-hybridized carbons (Fsp3) is 0.321. The summed E-state index contributed by atoms with van der Waals surface area (Å²) in [5, 5.41) is 12.1. The first-order valence-electron chi connectivity index (χ1n) is 12.2. The maximum atomic E-state index is 11.6. The van der Waals surface area contributed by atoms with Crippen molar-refractivity contribution in [3.63, 3.8) is 0 Å². The first-order chi connectivity index (χ1) is 17.7. The maximum Gasteiger partial charge on any atom is 0.168 e. The fourth-order valence-electron chi connectivity index (χ4n) is 3.42. The van der Waals surface area contributed by atoms with Gasteiger partial charge in [-0.3, -0.25) is 9.52 Å². The highest BCUT2D eigenvalue weighted by Crippen LogP contribution is 2.33. The highest BCUT2D eigenvalue weighted by Gasteiger charge is 2.20. The molecule has 3 aromatic rings. The molecule has 0 amide bonds. The molecular weight excluding hydrogens is 482 g/mol. The van der Waals surface area contributed by atoms with Crippen LogP contribution in [0.3, 0.4) is 0 Å². The van der Waals surface area contributed by atoms with Crippen LogP contribution in [0.2, 0.25) is 0 Å². The lowest BCUT2D eigenvalue weighted by Crippen LogP contribution is -2.15. The second kappa shape index (κ2) is 15.0. The summed E-state index contributed by atoms with van der Waals surface area (Å²) in [4.78, 5) is 18.2. The Morgan fingerprint density at radius 1 is 1.16 bits per heavy atom. The minimum atomic E-state index is -0.0185. The Morgan fingerprint density at radius 2 is 1.86 bits per heavy atom. The molecule has 7 N–H and O–H groups in total. The van der Waals surface area contributed by atoms with Gasteiger partial charge in [0.2, 0.25) is 0 Å². The molecule has 2 aromatic carbocycles. The molecule has 0 aliphatic heterocycles. The van der Waals surface area contributed by atoms with Gasteiger partial charge in [0.25, 0.3) is 0 Å². The van der Waals surface area contributed by atoms with Crippen molar-refractivity contribution in [3.05, 3.63) is 65.9 Å². The first kappa shape index (κ1) is 29.8. The number of anilines is 4. The zero-order valence-electron chi connectivity index (χ0n) is 22.3. The van der Waals surface area contributed by atoms with E-state index in [1.54, 1.807) is 18.0 Å². The van der Waals surface area contributed by atoms with Crippen LogP contribution in [-0.2, 0) is 0 Å². The summed E-state index contributed by atoms with van der Waals surface area (Å²) in [6, 6.07) is 17.0. The number of carbonyl (C=O) groups is 1. The van der Waals surface area contributed by atoms with Gasteiger partial charge < -0.3 is 27.1 Å². The maximum absolute atomic E-state index is 11.6. The highest BCUT2D eigenvalue weighted by molar-refractivity contribution is 7.97. The molecule has 0 radical (unpaired) electrons. The normalized spacial score (nSPS) is 10.5. The summed E-state index contributed by atoms with van der Waals surface area (Å²) in [5.41, 5.74) is 16.7. The number of aldehydes is 1. The molecule has 0 spiro atoms. The third kappa shape index (κ3) is 8.89. The number of benzene rings is 2. The second-order valence-electron chi connectivity index (χ2n) is 8.89. The van der Waals surface area contributed by atoms with E-state index in [1.165, 1.54) is 0 Å². The van der Waals surface area contributed by atoms with Gasteiger partial charge in [0.05, 0.1) is 0 Å². The molecule has 0 saturated carbocycles. The third-order valence-corrected chi connectivity index (χ3v) is 6.23. The molecule has 8 nitrogen and oxygen atoms in total. The second-order valence-corrected chi connectivity index (χ2v) is 10.00. The van der Waals surface area contributed by atoms with Gasteiger partial charge >= 0.3 is 0 Å². The van der Waals surface area contributed by atoms with Gasteiger partial charge in [0.15, 0.2) is 6.29 Å². The van der Waals surface area contributed by atoms with Gasteiger partial charge in [-0.25, -0.2) is 4.98 Å². The Bertz CT molecular complexity index is 1160. The average molecular weight is 522 g/mol. The van der Waals surface area contributed by atoms with Crippen LogP contribution in [0.1, 0.15) is 36.3 Å². The van der Waals surface area contributed by atoms with Gasteiger partial charge in [0.1, 0.15) is 11.5 Å². The molecule has 0 atom stereocenters. The van der Waals surface area contributed by atoms with E-state index in [0.717, 1.165) is 47.5 Å². The Hall–Kier alpha value is -3.40. The molecule has 0 saturated heterocycles. The van der Waals surface area contributed by atoms with Crippen molar-refractivity contribution in [1.82, 2.24) is 9.71 Å². The summed E-state index contributed by atoms with van der Waals surface area (Å²) in [5.74, 6) is 1.59. The molecule has 3 rings (SSSR count). The van der Waals surface area contributed by atoms with E-state index in [0.29, 0.717) is 28.5 Å². The van der Waals surface area contributed by atoms with E-state index < -0.39 is 0 Å². The van der Waals surface area contributed by atoms with Crippen LogP contribution in [0, 0.1) is 11.3 Å². The zero-order chi connectivity index (χ0) is 27.4. The van der Waals surface area contributed by atoms with Gasteiger partial charge in [-0.15, -0.1) is 0 Å². The Morgan fingerprint density at radius 3 is 2.43 bits per heavy atom. The largest absolute Gasteiger partial charge is 0.399 e. The van der Waals surface area contributed by atoms with Gasteiger partial charge in [-0.1, -0.05) is 44.0 Å². The summed E-state index contributed by atoms with van der Waals surface area (Å²) in [7, 11) is 5.87. The van der Waals surface area contributed by atoms with Crippen molar-refractivity contribution >= 4 is 46.8 Å². The molecule has 0 aliphatic rings. The Labute approximate surface area is 224 Å². The van der Waals surface area contributed by atoms with Crippen LogP contribution < -0.4 is 26.4 Å². The summed E-state index contributed by atoms with van der Waals surface area (Å²) in [6.45, 7) is 4.74. The van der Waals surface area contributed by atoms with Crippen LogP contribution in [0.15, 0.2) is 54.6 Å². The number of hydrogen-bond acceptors (Lipinski definition) is 9. The molecule has 0 bridgehead atoms. The summed E-state index contributed by atoms with van der Waals surface area (Å²) < 4.78 is 2.96. The number of nitrogen functional groups attached to an aromatic ring is 1. The lowest BCUT2D eigenvalue weighted by atomic mass is 9.91. The molecule has 0 aliphatic carbocycles. The lowest BCUT2D eigenvalue weighted by Gasteiger charge is -2.20. The number of nitrogens with zero attached hydrogens (tertiary/aromatic N) is 2. The SMILES string of the molecule is CC(C)C(=N)c1c(-c2ccc(N)cc2)cc(C=O)nc1Nc1cccc(N(C)C)c1.CNSCCCN. The van der Waals surface area contributed by atoms with Gasteiger partial charge in [0, 0.05) is 48.2 Å². The van der Waals surface area contributed by atoms with Crippen LogP contribution in [0.4, 0.5) is 22.9 Å². The van der Waals surface area contributed by atoms with Gasteiger partial charge in [-0.05, 0) is 73.5 Å². The first-order valence-corrected chi connectivity index (χ1v) is 13.2. The third-order valence-electron chi connectivity index (χ3n) is 5.45. The lowest BCUT2D eigenvalue weighted by molar-refractivity contribution is 0.111. The fourth-order valence-corrected chi connectivity index (χ4v) is 3.94. The topological polar surface area (TPSA) is 133 Å². The summed E-state index contributed by atoms with van der Waals surface area (Å²) in [6.07, 6.45) is 1.83. The quantitative estimate of drug-likeness (QED) is 0.0766. The van der Waals surface area contributed by atoms with Crippen molar-refractivity contribution in [3.8, 4) is 11.1 Å². The smallest absolute Gasteiger partial charge is 0.168 e. The van der Waals surface area contributed by atoms with Crippen molar-refractivity contribution in [2.75, 3.05) is 49.4 Å². The standard InChI is InChI=1S/C24H27N5O.C4H12N2S/c1-15(2)23(26)22-21(16-8-10-17(25)11-9-16)13-19(14-30)28-24(22)27-18-6-5-7-20(12-18)29(3)4;1-6-7-4-2-3-5/h5-15,26H,25H2,1-4H3,(H,27,28);6H,2-5H2,1H3. The average Bonchev–Trinajstić information content (AvgIpc) is 2.89. The number of carbonyl (C=O) groups excluding carboxylic acids is 1. The number of rotatable bonds is 11. The van der Waals surface area contributed by atoms with E-state index in [1.807, 2.05) is 88.4 Å². The zero-order valence-corrected chi connectivity index (χ0v) is 23.2. The molecule has 1 aromatic heterocycles. The predicted octanol–water partition coefficient (Wildman–Crippen LogP) is 5.18. The summed E-state index contributed by atoms with van der Waals surface area (Å²) >= 11 is 1.70. The molecule has 0 fully saturated rings. The molecule has 198 valence electrons. The van der Waals surface area contributed by atoms with E-state index in [4.69, 9.17) is 16.9 Å². The van der Waals surface area contributed by atoms with Gasteiger partial charge in [-0.2, -0.15) is 0 Å². The van der Waals surface area contributed by atoms with Crippen molar-refractivity contribution in [2.24, 2.45) is 11.7 Å². The molecule has 1 heterocycles. The van der Waals surface area contributed by atoms with Crippen LogP contribution in [-0.4, -0.2) is 50.4 Å². The molecule has 9 heteroatoms. The van der Waals surface area contributed by atoms with Crippen molar-refractivity contribution in [1.29, 1.82) is 5.41 Å². The molecule has 37 heavy (non-hydrogen) atoms. The predicted molar refractivity (Wildman–Crippen MR) is 160 cm³/mol. The van der Waals surface area contributed by atoms with Crippen molar-refractivity contribution in [2.45, 2.75) is 20.3 Å². The van der Waals surface area contributed by atoms with Crippen molar-refractivity contribution < 1.29 is 4.79 Å².